The molecule has 0 spiro atoms. The summed E-state index contributed by atoms with van der Waals surface area (Å²) in [6, 6.07) is 6.07. The Morgan fingerprint density at radius 2 is 2.18 bits per heavy atom. The Balaban J connectivity index is 2.18. The number of benzene rings is 1. The smallest absolute Gasteiger partial charge is 0.297 e. The van der Waals surface area contributed by atoms with Crippen LogP contribution in [0.2, 0.25) is 0 Å². The number of aryl methyl sites for hydroxylation is 1. The first-order valence-corrected chi connectivity index (χ1v) is 6.86. The molecule has 5 heteroatoms. The number of rotatable bonds is 4. The quantitative estimate of drug-likeness (QED) is 0.774. The molecule has 2 rings (SSSR count). The Labute approximate surface area is 104 Å². The molecule has 1 fully saturated rings. The molecule has 1 aromatic rings. The highest BCUT2D eigenvalue weighted by Gasteiger charge is 2.21. The van der Waals surface area contributed by atoms with Crippen molar-refractivity contribution < 1.29 is 20.1 Å². The summed E-state index contributed by atoms with van der Waals surface area (Å²) in [7, 11) is -4.13. The normalized spacial score (nSPS) is 23.2. The van der Waals surface area contributed by atoms with Gasteiger partial charge in [-0.3, -0.25) is 4.18 Å². The second-order valence-electron chi connectivity index (χ2n) is 3.97. The molecular weight excluding hydrogens is 240 g/mol. The van der Waals surface area contributed by atoms with E-state index in [-0.39, 0.29) is 4.90 Å². The average Bonchev–Trinajstić information content (AvgIpc) is 2.82. The van der Waals surface area contributed by atoms with E-state index in [0.717, 1.165) is 5.56 Å². The van der Waals surface area contributed by atoms with Crippen molar-refractivity contribution in [1.29, 1.82) is 0 Å². The Morgan fingerprint density at radius 3 is 2.76 bits per heavy atom. The zero-order valence-electron chi connectivity index (χ0n) is 11.5. The predicted molar refractivity (Wildman–Crippen MR) is 63.3 cm³/mol. The van der Waals surface area contributed by atoms with E-state index in [2.05, 4.69) is 0 Å². The van der Waals surface area contributed by atoms with Crippen molar-refractivity contribution in [2.24, 2.45) is 0 Å². The van der Waals surface area contributed by atoms with Gasteiger partial charge < -0.3 is 4.74 Å². The molecule has 1 heterocycles. The molecule has 0 aromatic heterocycles. The predicted octanol–water partition coefficient (Wildman–Crippen LogP) is 1.88. The fraction of sp³-hybridized carbons (Fsp3) is 0.500. The van der Waals surface area contributed by atoms with Gasteiger partial charge in [0.2, 0.25) is 0 Å². The number of ether oxygens (including phenoxy) is 1. The summed E-state index contributed by atoms with van der Waals surface area (Å²) in [5.41, 5.74) is 0.918. The van der Waals surface area contributed by atoms with Crippen LogP contribution in [0.3, 0.4) is 0 Å². The second kappa shape index (κ2) is 5.16. The summed E-state index contributed by atoms with van der Waals surface area (Å²) in [5.74, 6) is 0. The van der Waals surface area contributed by atoms with E-state index >= 15 is 0 Å². The third-order valence-corrected chi connectivity index (χ3v) is 3.69. The minimum atomic E-state index is -4.13. The van der Waals surface area contributed by atoms with Crippen molar-refractivity contribution in [2.75, 3.05) is 13.2 Å². The van der Waals surface area contributed by atoms with Crippen molar-refractivity contribution in [1.82, 2.24) is 0 Å². The van der Waals surface area contributed by atoms with Gasteiger partial charge in [0.1, 0.15) is 0 Å². The zero-order chi connectivity index (χ0) is 14.1. The summed E-state index contributed by atoms with van der Waals surface area (Å²) in [4.78, 5) is -0.0556. The molecular formula is C12H16O4S. The Kier molecular flexibility index (Phi) is 3.05. The van der Waals surface area contributed by atoms with Crippen LogP contribution in [0.5, 0.6) is 0 Å². The van der Waals surface area contributed by atoms with Gasteiger partial charge in [0, 0.05) is 6.61 Å². The fourth-order valence-electron chi connectivity index (χ4n) is 1.54. The van der Waals surface area contributed by atoms with Crippen molar-refractivity contribution in [2.45, 2.75) is 30.8 Å². The molecule has 0 radical (unpaired) electrons. The van der Waals surface area contributed by atoms with Crippen LogP contribution < -0.4 is 0 Å². The van der Waals surface area contributed by atoms with E-state index < -0.39 is 22.8 Å². The van der Waals surface area contributed by atoms with Gasteiger partial charge in [0.05, 0.1) is 20.3 Å². The highest BCUT2D eigenvalue weighted by atomic mass is 32.2. The minimum absolute atomic E-state index is 0.0556. The molecule has 0 unspecified atom stereocenters. The Hall–Kier alpha value is -0.910. The molecule has 0 bridgehead atoms. The van der Waals surface area contributed by atoms with E-state index in [1.807, 2.05) is 6.92 Å². The molecule has 17 heavy (non-hydrogen) atoms. The summed E-state index contributed by atoms with van der Waals surface area (Å²) in [6.07, 6.45) is 0.321. The summed E-state index contributed by atoms with van der Waals surface area (Å²) >= 11 is 0. The van der Waals surface area contributed by atoms with Crippen LogP contribution in [0.1, 0.15) is 21.1 Å². The van der Waals surface area contributed by atoms with Gasteiger partial charge in [-0.1, -0.05) is 17.7 Å². The van der Waals surface area contributed by atoms with Crippen molar-refractivity contribution in [3.63, 3.8) is 0 Å². The molecule has 1 atom stereocenters. The lowest BCUT2D eigenvalue weighted by Gasteiger charge is -2.10. The maximum absolute atomic E-state index is 12.0. The Morgan fingerprint density at radius 1 is 1.47 bits per heavy atom. The lowest BCUT2D eigenvalue weighted by atomic mass is 10.2. The van der Waals surface area contributed by atoms with E-state index in [9.17, 15) is 8.42 Å². The molecule has 1 saturated heterocycles. The first-order chi connectivity index (χ1) is 8.81. The van der Waals surface area contributed by atoms with Crippen molar-refractivity contribution in [3.05, 3.63) is 29.8 Å². The highest BCUT2D eigenvalue weighted by Crippen LogP contribution is 2.17. The van der Waals surface area contributed by atoms with Gasteiger partial charge in [-0.15, -0.1) is 0 Å². The molecule has 1 aromatic carbocycles. The monoisotopic (exact) mass is 258 g/mol. The van der Waals surface area contributed by atoms with Crippen LogP contribution in [-0.4, -0.2) is 27.7 Å². The lowest BCUT2D eigenvalue weighted by molar-refractivity contribution is 0.0701. The second-order valence-corrected chi connectivity index (χ2v) is 5.52. The van der Waals surface area contributed by atoms with Crippen LogP contribution in [0.4, 0.5) is 0 Å². The van der Waals surface area contributed by atoms with Gasteiger partial charge in [-0.2, -0.15) is 8.42 Å². The highest BCUT2D eigenvalue weighted by molar-refractivity contribution is 7.86. The van der Waals surface area contributed by atoms with Crippen LogP contribution in [0.25, 0.3) is 0 Å². The summed E-state index contributed by atoms with van der Waals surface area (Å²) in [5, 5.41) is 0. The molecule has 1 aliphatic rings. The third kappa shape index (κ3) is 3.28. The van der Waals surface area contributed by atoms with Gasteiger partial charge in [-0.05, 0) is 31.9 Å². The van der Waals surface area contributed by atoms with Crippen LogP contribution >= 0.6 is 0 Å². The van der Waals surface area contributed by atoms with Gasteiger partial charge >= 0.3 is 0 Å². The van der Waals surface area contributed by atoms with Crippen LogP contribution in [-0.2, 0) is 19.0 Å². The van der Waals surface area contributed by atoms with Crippen LogP contribution in [0.15, 0.2) is 29.2 Å². The third-order valence-electron chi connectivity index (χ3n) is 2.53. The summed E-state index contributed by atoms with van der Waals surface area (Å²) < 4.78 is 49.3. The maximum atomic E-state index is 12.0. The lowest BCUT2D eigenvalue weighted by Crippen LogP contribution is -2.18. The molecule has 1 aliphatic heterocycles. The first kappa shape index (κ1) is 10.1. The number of hydrogen-bond donors (Lipinski definition) is 0. The van der Waals surface area contributed by atoms with E-state index in [1.54, 1.807) is 12.1 Å². The summed E-state index contributed by atoms with van der Waals surface area (Å²) in [6.45, 7) is -0.0821. The van der Waals surface area contributed by atoms with Crippen molar-refractivity contribution in [3.8, 4) is 0 Å². The van der Waals surface area contributed by atoms with E-state index in [4.69, 9.17) is 11.7 Å². The fourth-order valence-corrected chi connectivity index (χ4v) is 2.34. The standard InChI is InChI=1S/C12H16O4S/c1-10-4-6-12(7-5-10)17(13,14)16-9-11-3-2-8-15-11/h4-7,11H,2-3,8-9H2,1H3/t11-/m0/s1/i9D2. The SMILES string of the molecule is [2H]C([2H])(OS(=O)(=O)c1ccc(C)cc1)[C@@H]1CCCO1. The molecule has 0 N–H and O–H groups in total. The molecule has 0 saturated carbocycles. The molecule has 0 amide bonds. The maximum Gasteiger partial charge on any atom is 0.297 e. The van der Waals surface area contributed by atoms with Crippen LogP contribution in [0, 0.1) is 6.92 Å². The van der Waals surface area contributed by atoms with Crippen molar-refractivity contribution >= 4 is 10.1 Å². The zero-order valence-corrected chi connectivity index (χ0v) is 10.4. The number of hydrogen-bond acceptors (Lipinski definition) is 4. The van der Waals surface area contributed by atoms with E-state index in [1.165, 1.54) is 12.1 Å². The van der Waals surface area contributed by atoms with E-state index in [0.29, 0.717) is 19.4 Å². The molecule has 4 nitrogen and oxygen atoms in total. The molecule has 94 valence electrons. The Bertz CT molecular complexity index is 533. The largest absolute Gasteiger partial charge is 0.376 e. The van der Waals surface area contributed by atoms with Gasteiger partial charge in [-0.25, -0.2) is 0 Å². The minimum Gasteiger partial charge on any atom is -0.376 e. The topological polar surface area (TPSA) is 52.6 Å². The van der Waals surface area contributed by atoms with Gasteiger partial charge in [0.25, 0.3) is 10.1 Å². The molecule has 0 aliphatic carbocycles. The first-order valence-electron chi connectivity index (χ1n) is 6.45. The van der Waals surface area contributed by atoms with Gasteiger partial charge in [0.15, 0.2) is 0 Å². The average molecular weight is 258 g/mol.